The van der Waals surface area contributed by atoms with Gasteiger partial charge in [-0.2, -0.15) is 0 Å². The lowest BCUT2D eigenvalue weighted by Crippen LogP contribution is -2.41. The minimum Gasteiger partial charge on any atom is -0.465 e. The van der Waals surface area contributed by atoms with Crippen molar-refractivity contribution < 1.29 is 19.1 Å². The van der Waals surface area contributed by atoms with Gasteiger partial charge >= 0.3 is 11.9 Å². The van der Waals surface area contributed by atoms with Crippen LogP contribution in [-0.4, -0.2) is 25.2 Å². The fourth-order valence-electron chi connectivity index (χ4n) is 4.70. The van der Waals surface area contributed by atoms with Crippen LogP contribution in [0, 0.1) is 5.41 Å². The second-order valence-electron chi connectivity index (χ2n) is 10.4. The second kappa shape index (κ2) is 24.6. The normalized spacial score (nSPS) is 11.5. The van der Waals surface area contributed by atoms with E-state index in [1.807, 2.05) is 13.8 Å². The molecule has 4 heteroatoms. The number of hydrogen-bond acceptors (Lipinski definition) is 4. The largest absolute Gasteiger partial charge is 0.465 e. The van der Waals surface area contributed by atoms with Crippen molar-refractivity contribution in [3.63, 3.8) is 0 Å². The van der Waals surface area contributed by atoms with Crippen molar-refractivity contribution in [2.45, 2.75) is 169 Å². The Bertz CT molecular complexity index is 444. The zero-order chi connectivity index (χ0) is 26.0. The SMILES string of the molecule is CCCCCCCCCCCCOC(=O)C(CC)(CC)C(=O)OCCCCCCCCCCCC. The summed E-state index contributed by atoms with van der Waals surface area (Å²) in [7, 11) is 0. The van der Waals surface area contributed by atoms with Crippen molar-refractivity contribution in [1.29, 1.82) is 0 Å². The molecule has 0 fully saturated rings. The lowest BCUT2D eigenvalue weighted by molar-refractivity contribution is -0.173. The highest BCUT2D eigenvalue weighted by Crippen LogP contribution is 2.30. The summed E-state index contributed by atoms with van der Waals surface area (Å²) in [5, 5.41) is 0. The van der Waals surface area contributed by atoms with Gasteiger partial charge in [0.25, 0.3) is 0 Å². The fourth-order valence-corrected chi connectivity index (χ4v) is 4.70. The number of esters is 2. The summed E-state index contributed by atoms with van der Waals surface area (Å²) < 4.78 is 11.1. The fraction of sp³-hybridized carbons (Fsp3) is 0.935. The zero-order valence-corrected chi connectivity index (χ0v) is 24.1. The molecule has 4 nitrogen and oxygen atoms in total. The molecule has 0 aromatic heterocycles. The first-order valence-corrected chi connectivity index (χ1v) is 15.4. The van der Waals surface area contributed by atoms with E-state index in [1.165, 1.54) is 103 Å². The molecule has 0 aliphatic heterocycles. The van der Waals surface area contributed by atoms with Gasteiger partial charge in [0.05, 0.1) is 13.2 Å². The quantitative estimate of drug-likeness (QED) is 0.0679. The molecule has 0 N–H and O–H groups in total. The van der Waals surface area contributed by atoms with E-state index in [9.17, 15) is 9.59 Å². The van der Waals surface area contributed by atoms with Crippen LogP contribution in [0.5, 0.6) is 0 Å². The van der Waals surface area contributed by atoms with Crippen molar-refractivity contribution in [3.05, 3.63) is 0 Å². The highest BCUT2D eigenvalue weighted by Gasteiger charge is 2.45. The lowest BCUT2D eigenvalue weighted by atomic mass is 9.82. The van der Waals surface area contributed by atoms with Gasteiger partial charge in [0, 0.05) is 0 Å². The molecule has 0 amide bonds. The zero-order valence-electron chi connectivity index (χ0n) is 24.1. The summed E-state index contributed by atoms with van der Waals surface area (Å²) in [4.78, 5) is 25.6. The third kappa shape index (κ3) is 17.1. The van der Waals surface area contributed by atoms with Crippen LogP contribution in [0.25, 0.3) is 0 Å². The van der Waals surface area contributed by atoms with Gasteiger partial charge in [-0.15, -0.1) is 0 Å². The van der Waals surface area contributed by atoms with Gasteiger partial charge in [-0.3, -0.25) is 9.59 Å². The Balaban J connectivity index is 3.96. The molecule has 0 aromatic carbocycles. The minimum absolute atomic E-state index is 0.397. The third-order valence-electron chi connectivity index (χ3n) is 7.45. The van der Waals surface area contributed by atoms with Crippen LogP contribution in [-0.2, 0) is 19.1 Å². The van der Waals surface area contributed by atoms with Crippen molar-refractivity contribution >= 4 is 11.9 Å². The van der Waals surface area contributed by atoms with Gasteiger partial charge in [0.2, 0.25) is 0 Å². The van der Waals surface area contributed by atoms with Crippen molar-refractivity contribution in [3.8, 4) is 0 Å². The van der Waals surface area contributed by atoms with E-state index in [1.54, 1.807) is 0 Å². The van der Waals surface area contributed by atoms with Gasteiger partial charge in [-0.1, -0.05) is 143 Å². The molecule has 0 aliphatic carbocycles. The number of carbonyl (C=O) groups excluding carboxylic acids is 2. The van der Waals surface area contributed by atoms with Gasteiger partial charge < -0.3 is 9.47 Å². The van der Waals surface area contributed by atoms with Crippen LogP contribution in [0.4, 0.5) is 0 Å². The van der Waals surface area contributed by atoms with E-state index in [0.717, 1.165) is 25.7 Å². The highest BCUT2D eigenvalue weighted by atomic mass is 16.6. The first kappa shape index (κ1) is 33.9. The Morgan fingerprint density at radius 3 is 0.943 bits per heavy atom. The average molecular weight is 497 g/mol. The Morgan fingerprint density at radius 2 is 0.686 bits per heavy atom. The van der Waals surface area contributed by atoms with E-state index >= 15 is 0 Å². The molecule has 35 heavy (non-hydrogen) atoms. The molecule has 0 aliphatic rings. The summed E-state index contributed by atoms with van der Waals surface area (Å²) in [6.07, 6.45) is 25.7. The van der Waals surface area contributed by atoms with E-state index in [-0.39, 0.29) is 0 Å². The maximum Gasteiger partial charge on any atom is 0.323 e. The van der Waals surface area contributed by atoms with Crippen LogP contribution in [0.2, 0.25) is 0 Å². The molecule has 0 aromatic rings. The lowest BCUT2D eigenvalue weighted by Gasteiger charge is -2.27. The number of carbonyl (C=O) groups is 2. The predicted octanol–water partition coefficient (Wildman–Crippen LogP) is 9.72. The summed E-state index contributed by atoms with van der Waals surface area (Å²) in [6, 6.07) is 0. The van der Waals surface area contributed by atoms with Crippen LogP contribution in [0.15, 0.2) is 0 Å². The number of rotatable bonds is 26. The van der Waals surface area contributed by atoms with Gasteiger partial charge in [0.15, 0.2) is 5.41 Å². The number of ether oxygens (including phenoxy) is 2. The topological polar surface area (TPSA) is 52.6 Å². The van der Waals surface area contributed by atoms with Gasteiger partial charge in [-0.25, -0.2) is 0 Å². The first-order chi connectivity index (χ1) is 17.1. The monoisotopic (exact) mass is 496 g/mol. The molecule has 0 spiro atoms. The number of hydrogen-bond donors (Lipinski definition) is 0. The molecule has 0 unspecified atom stereocenters. The van der Waals surface area contributed by atoms with Gasteiger partial charge in [-0.05, 0) is 25.7 Å². The van der Waals surface area contributed by atoms with Crippen molar-refractivity contribution in [1.82, 2.24) is 0 Å². The van der Waals surface area contributed by atoms with E-state index in [4.69, 9.17) is 9.47 Å². The van der Waals surface area contributed by atoms with E-state index in [0.29, 0.717) is 26.1 Å². The average Bonchev–Trinajstić information content (AvgIpc) is 2.87. The summed E-state index contributed by atoms with van der Waals surface area (Å²) >= 11 is 0. The van der Waals surface area contributed by atoms with Crippen LogP contribution in [0.3, 0.4) is 0 Å². The molecule has 0 saturated heterocycles. The maximum atomic E-state index is 12.8. The Morgan fingerprint density at radius 1 is 0.429 bits per heavy atom. The Kier molecular flexibility index (Phi) is 23.9. The van der Waals surface area contributed by atoms with Crippen molar-refractivity contribution in [2.24, 2.45) is 5.41 Å². The second-order valence-corrected chi connectivity index (χ2v) is 10.4. The summed E-state index contributed by atoms with van der Waals surface area (Å²) in [5.41, 5.74) is -1.14. The Hall–Kier alpha value is -1.06. The summed E-state index contributed by atoms with van der Waals surface area (Å²) in [5.74, 6) is -0.794. The molecular formula is C31H60O4. The Labute approximate surface area is 218 Å². The smallest absolute Gasteiger partial charge is 0.323 e. The first-order valence-electron chi connectivity index (χ1n) is 15.4. The molecular weight excluding hydrogens is 436 g/mol. The standard InChI is InChI=1S/C31H60O4/c1-5-9-11-13-15-17-19-21-23-25-27-34-29(32)31(7-3,8-4)30(33)35-28-26-24-22-20-18-16-14-12-10-6-2/h5-28H2,1-4H3. The third-order valence-corrected chi connectivity index (χ3v) is 7.45. The van der Waals surface area contributed by atoms with Crippen LogP contribution >= 0.6 is 0 Å². The van der Waals surface area contributed by atoms with E-state index in [2.05, 4.69) is 13.8 Å². The molecule has 0 radical (unpaired) electrons. The minimum atomic E-state index is -1.14. The maximum absolute atomic E-state index is 12.8. The highest BCUT2D eigenvalue weighted by molar-refractivity contribution is 5.99. The molecule has 208 valence electrons. The molecule has 0 rings (SSSR count). The molecule has 0 saturated carbocycles. The molecule has 0 heterocycles. The summed E-state index contributed by atoms with van der Waals surface area (Å²) in [6.45, 7) is 9.08. The van der Waals surface area contributed by atoms with Crippen LogP contribution < -0.4 is 0 Å². The molecule has 0 bridgehead atoms. The van der Waals surface area contributed by atoms with E-state index < -0.39 is 17.4 Å². The van der Waals surface area contributed by atoms with Crippen LogP contribution in [0.1, 0.15) is 169 Å². The molecule has 0 atom stereocenters. The van der Waals surface area contributed by atoms with Gasteiger partial charge in [0.1, 0.15) is 0 Å². The number of unbranched alkanes of at least 4 members (excludes halogenated alkanes) is 18. The van der Waals surface area contributed by atoms with Crippen molar-refractivity contribution in [2.75, 3.05) is 13.2 Å². The predicted molar refractivity (Wildman–Crippen MR) is 149 cm³/mol.